The Bertz CT molecular complexity index is 1410. The van der Waals surface area contributed by atoms with Gasteiger partial charge in [0.1, 0.15) is 5.04 Å². The second-order valence-electron chi connectivity index (χ2n) is 8.07. The van der Waals surface area contributed by atoms with E-state index in [0.717, 1.165) is 27.5 Å². The van der Waals surface area contributed by atoms with Gasteiger partial charge in [0.15, 0.2) is 0 Å². The maximum atomic E-state index is 14.0. The molecule has 1 amide bonds. The van der Waals surface area contributed by atoms with Crippen molar-refractivity contribution in [2.45, 2.75) is 4.33 Å². The van der Waals surface area contributed by atoms with Crippen molar-refractivity contribution in [3.63, 3.8) is 0 Å². The Morgan fingerprint density at radius 2 is 1.20 bits per heavy atom. The number of thioether (sulfide) groups is 2. The van der Waals surface area contributed by atoms with Gasteiger partial charge in [0.05, 0.1) is 10.6 Å². The lowest BCUT2D eigenvalue weighted by Gasteiger charge is -2.38. The molecule has 4 aromatic rings. The number of hydrogen-bond donors (Lipinski definition) is 0. The van der Waals surface area contributed by atoms with Gasteiger partial charge in [-0.2, -0.15) is 5.10 Å². The Labute approximate surface area is 213 Å². The molecule has 0 aliphatic carbocycles. The van der Waals surface area contributed by atoms with Gasteiger partial charge in [-0.15, -0.1) is 0 Å². The van der Waals surface area contributed by atoms with Crippen LogP contribution in [0.4, 0.5) is 11.4 Å². The molecule has 1 atom stereocenters. The molecule has 170 valence electrons. The molecule has 4 aromatic carbocycles. The van der Waals surface area contributed by atoms with Gasteiger partial charge in [0.25, 0.3) is 5.91 Å². The van der Waals surface area contributed by atoms with Crippen LogP contribution in [0.25, 0.3) is 6.08 Å². The van der Waals surface area contributed by atoms with E-state index in [4.69, 9.17) is 5.10 Å². The number of hydrazone groups is 1. The van der Waals surface area contributed by atoms with E-state index in [-0.39, 0.29) is 5.91 Å². The zero-order chi connectivity index (χ0) is 23.7. The lowest BCUT2D eigenvalue weighted by Crippen LogP contribution is -2.51. The van der Waals surface area contributed by atoms with Gasteiger partial charge in [0, 0.05) is 11.3 Å². The summed E-state index contributed by atoms with van der Waals surface area (Å²) in [6, 6.07) is 40.0. The van der Waals surface area contributed by atoms with Crippen molar-refractivity contribution in [1.29, 1.82) is 0 Å². The highest BCUT2D eigenvalue weighted by Crippen LogP contribution is 2.59. The summed E-state index contributed by atoms with van der Waals surface area (Å²) in [5.41, 5.74) is 3.77. The molecule has 6 heteroatoms. The molecule has 0 unspecified atom stereocenters. The second-order valence-corrected chi connectivity index (χ2v) is 10.7. The van der Waals surface area contributed by atoms with Crippen LogP contribution < -0.4 is 9.91 Å². The third-order valence-corrected chi connectivity index (χ3v) is 8.53. The zero-order valence-electron chi connectivity index (χ0n) is 18.7. The van der Waals surface area contributed by atoms with Crippen molar-refractivity contribution >= 4 is 51.9 Å². The fourth-order valence-corrected chi connectivity index (χ4v) is 7.14. The Balaban J connectivity index is 1.53. The third-order valence-electron chi connectivity index (χ3n) is 5.76. The average molecular weight is 492 g/mol. The SMILES string of the molecule is O=C1/C(=C/c2ccccc2)S[C@@]2(SC(c3ccccc3)=NN2c2ccccc2)N1c1ccccc1. The number of rotatable bonds is 4. The van der Waals surface area contributed by atoms with Crippen LogP contribution in [0.1, 0.15) is 11.1 Å². The fraction of sp³-hybridized carbons (Fsp3) is 0.0345. The molecule has 2 aliphatic rings. The van der Waals surface area contributed by atoms with Gasteiger partial charge in [-0.05, 0) is 47.7 Å². The van der Waals surface area contributed by atoms with Crippen LogP contribution in [0.3, 0.4) is 0 Å². The van der Waals surface area contributed by atoms with Crippen LogP contribution in [-0.2, 0) is 4.79 Å². The normalized spacial score (nSPS) is 20.6. The molecule has 6 rings (SSSR count). The first-order chi connectivity index (χ1) is 17.2. The standard InChI is InChI=1S/C29H21N3OS2/c33-28-26(21-22-13-5-1-6-14-22)34-29(31(28)24-17-9-3-10-18-24)32(25-19-11-4-12-20-25)30-27(35-29)23-15-7-2-8-16-23/h1-21H/b26-21-/t29-/m1/s1. The number of carbonyl (C=O) groups is 1. The van der Waals surface area contributed by atoms with Gasteiger partial charge in [-0.3, -0.25) is 9.69 Å². The number of anilines is 2. The quantitative estimate of drug-likeness (QED) is 0.287. The Morgan fingerprint density at radius 3 is 1.83 bits per heavy atom. The van der Waals surface area contributed by atoms with Crippen LogP contribution >= 0.6 is 23.5 Å². The zero-order valence-corrected chi connectivity index (χ0v) is 20.3. The Morgan fingerprint density at radius 1 is 0.657 bits per heavy atom. The van der Waals surface area contributed by atoms with Crippen LogP contribution in [0.5, 0.6) is 0 Å². The molecule has 2 aliphatic heterocycles. The highest BCUT2D eigenvalue weighted by atomic mass is 32.2. The minimum absolute atomic E-state index is 0.0389. The lowest BCUT2D eigenvalue weighted by atomic mass is 10.2. The van der Waals surface area contributed by atoms with Crippen LogP contribution in [0.2, 0.25) is 0 Å². The summed E-state index contributed by atoms with van der Waals surface area (Å²) in [6.45, 7) is 0. The van der Waals surface area contributed by atoms with Gasteiger partial charge in [0.2, 0.25) is 4.33 Å². The number of benzene rings is 4. The van der Waals surface area contributed by atoms with Crippen molar-refractivity contribution in [2.75, 3.05) is 9.91 Å². The molecule has 35 heavy (non-hydrogen) atoms. The Hall–Kier alpha value is -3.74. The average Bonchev–Trinajstić information content (AvgIpc) is 3.43. The summed E-state index contributed by atoms with van der Waals surface area (Å²) >= 11 is 3.14. The van der Waals surface area contributed by atoms with E-state index in [0.29, 0.717) is 4.91 Å². The van der Waals surface area contributed by atoms with Crippen molar-refractivity contribution in [1.82, 2.24) is 0 Å². The van der Waals surface area contributed by atoms with Crippen LogP contribution in [0, 0.1) is 0 Å². The van der Waals surface area contributed by atoms with Gasteiger partial charge in [-0.25, -0.2) is 5.01 Å². The molecule has 0 N–H and O–H groups in total. The summed E-state index contributed by atoms with van der Waals surface area (Å²) in [4.78, 5) is 16.6. The molecule has 0 aromatic heterocycles. The van der Waals surface area contributed by atoms with Crippen molar-refractivity contribution in [3.8, 4) is 0 Å². The summed E-state index contributed by atoms with van der Waals surface area (Å²) < 4.78 is -0.842. The smallest absolute Gasteiger partial charge is 0.268 e. The van der Waals surface area contributed by atoms with Crippen LogP contribution in [-0.4, -0.2) is 15.3 Å². The molecule has 1 fully saturated rings. The molecule has 4 nitrogen and oxygen atoms in total. The molecule has 2 heterocycles. The molecule has 0 radical (unpaired) electrons. The molecule has 0 saturated carbocycles. The van der Waals surface area contributed by atoms with Crippen molar-refractivity contribution < 1.29 is 4.79 Å². The predicted molar refractivity (Wildman–Crippen MR) is 148 cm³/mol. The van der Waals surface area contributed by atoms with Crippen molar-refractivity contribution in [2.24, 2.45) is 5.10 Å². The fourth-order valence-electron chi connectivity index (χ4n) is 4.16. The largest absolute Gasteiger partial charge is 0.268 e. The highest BCUT2D eigenvalue weighted by molar-refractivity contribution is 8.28. The van der Waals surface area contributed by atoms with Gasteiger partial charge in [-0.1, -0.05) is 109 Å². The van der Waals surface area contributed by atoms with E-state index in [9.17, 15) is 4.79 Å². The van der Waals surface area contributed by atoms with E-state index in [1.165, 1.54) is 11.8 Å². The van der Waals surface area contributed by atoms with E-state index >= 15 is 0 Å². The topological polar surface area (TPSA) is 35.9 Å². The molecule has 1 saturated heterocycles. The summed E-state index contributed by atoms with van der Waals surface area (Å²) in [5, 5.41) is 7.95. The molecule has 0 bridgehead atoms. The number of para-hydroxylation sites is 2. The lowest BCUT2D eigenvalue weighted by molar-refractivity contribution is -0.114. The maximum Gasteiger partial charge on any atom is 0.268 e. The summed E-state index contributed by atoms with van der Waals surface area (Å²) in [5.74, 6) is -0.0389. The third kappa shape index (κ3) is 3.95. The summed E-state index contributed by atoms with van der Waals surface area (Å²) in [6.07, 6.45) is 1.97. The molecular weight excluding hydrogens is 470 g/mol. The first-order valence-electron chi connectivity index (χ1n) is 11.3. The monoisotopic (exact) mass is 491 g/mol. The molecule has 1 spiro atoms. The van der Waals surface area contributed by atoms with E-state index in [2.05, 4.69) is 12.1 Å². The first-order valence-corrected chi connectivity index (χ1v) is 12.9. The number of amides is 1. The minimum atomic E-state index is -0.842. The number of hydrogen-bond acceptors (Lipinski definition) is 5. The van der Waals surface area contributed by atoms with E-state index < -0.39 is 4.33 Å². The Kier molecular flexibility index (Phi) is 5.68. The predicted octanol–water partition coefficient (Wildman–Crippen LogP) is 7.03. The van der Waals surface area contributed by atoms with Crippen molar-refractivity contribution in [3.05, 3.63) is 137 Å². The second kappa shape index (κ2) is 9.13. The van der Waals surface area contributed by atoms with Gasteiger partial charge >= 0.3 is 0 Å². The molecular formula is C29H21N3OS2. The maximum absolute atomic E-state index is 14.0. The number of nitrogens with zero attached hydrogens (tertiary/aromatic N) is 3. The highest BCUT2D eigenvalue weighted by Gasteiger charge is 2.59. The van der Waals surface area contributed by atoms with Crippen LogP contribution in [0.15, 0.2) is 131 Å². The summed E-state index contributed by atoms with van der Waals surface area (Å²) in [7, 11) is 0. The van der Waals surface area contributed by atoms with E-state index in [1.807, 2.05) is 125 Å². The minimum Gasteiger partial charge on any atom is -0.268 e. The van der Waals surface area contributed by atoms with E-state index in [1.54, 1.807) is 11.8 Å². The first kappa shape index (κ1) is 21.8. The van der Waals surface area contributed by atoms with Gasteiger partial charge < -0.3 is 0 Å². The number of carbonyl (C=O) groups excluding carboxylic acids is 1.